The van der Waals surface area contributed by atoms with Gasteiger partial charge in [0.2, 0.25) is 0 Å². The summed E-state index contributed by atoms with van der Waals surface area (Å²) >= 11 is 11.7. The van der Waals surface area contributed by atoms with Crippen molar-refractivity contribution in [1.82, 2.24) is 0 Å². The molecular formula is C14H10Cl2N2O2. The number of oxime groups is 1. The molecule has 0 aromatic heterocycles. The fourth-order valence-electron chi connectivity index (χ4n) is 1.46. The molecule has 0 unspecified atom stereocenters. The van der Waals surface area contributed by atoms with E-state index in [2.05, 4.69) is 5.16 Å². The van der Waals surface area contributed by atoms with Crippen LogP contribution in [-0.2, 0) is 4.84 Å². The molecule has 2 rings (SSSR count). The van der Waals surface area contributed by atoms with Crippen molar-refractivity contribution in [3.8, 4) is 0 Å². The Kier molecular flexibility index (Phi) is 4.61. The highest BCUT2D eigenvalue weighted by atomic mass is 35.5. The fraction of sp³-hybridized carbons (Fsp3) is 0. The van der Waals surface area contributed by atoms with Crippen LogP contribution >= 0.6 is 23.2 Å². The van der Waals surface area contributed by atoms with Gasteiger partial charge < -0.3 is 10.6 Å². The summed E-state index contributed by atoms with van der Waals surface area (Å²) in [5, 5.41) is 4.39. The summed E-state index contributed by atoms with van der Waals surface area (Å²) in [6.07, 6.45) is 0. The van der Waals surface area contributed by atoms with Gasteiger partial charge in [-0.15, -0.1) is 0 Å². The first-order chi connectivity index (χ1) is 9.58. The molecule has 2 aromatic rings. The van der Waals surface area contributed by atoms with Gasteiger partial charge >= 0.3 is 5.97 Å². The zero-order valence-electron chi connectivity index (χ0n) is 10.2. The third kappa shape index (κ3) is 3.50. The normalized spacial score (nSPS) is 11.2. The van der Waals surface area contributed by atoms with E-state index in [9.17, 15) is 4.79 Å². The van der Waals surface area contributed by atoms with E-state index < -0.39 is 5.97 Å². The van der Waals surface area contributed by atoms with E-state index in [0.717, 1.165) is 0 Å². The second-order valence-corrected chi connectivity index (χ2v) is 4.69. The van der Waals surface area contributed by atoms with Crippen molar-refractivity contribution in [2.24, 2.45) is 10.9 Å². The molecule has 102 valence electrons. The number of benzene rings is 2. The Morgan fingerprint density at radius 1 is 1.10 bits per heavy atom. The maximum atomic E-state index is 11.7. The molecule has 0 aliphatic carbocycles. The van der Waals surface area contributed by atoms with Gasteiger partial charge in [0.15, 0.2) is 5.84 Å². The molecular weight excluding hydrogens is 299 g/mol. The van der Waals surface area contributed by atoms with Gasteiger partial charge in [-0.25, -0.2) is 4.79 Å². The van der Waals surface area contributed by atoms with E-state index in [1.165, 1.54) is 6.07 Å². The average Bonchev–Trinajstić information content (AvgIpc) is 2.45. The summed E-state index contributed by atoms with van der Waals surface area (Å²) in [5.41, 5.74) is 6.54. The van der Waals surface area contributed by atoms with E-state index in [1.54, 1.807) is 42.5 Å². The van der Waals surface area contributed by atoms with Crippen LogP contribution in [0.25, 0.3) is 0 Å². The molecule has 0 aliphatic heterocycles. The number of hydrogen-bond acceptors (Lipinski definition) is 3. The molecule has 2 aromatic carbocycles. The number of halogens is 2. The van der Waals surface area contributed by atoms with Gasteiger partial charge in [-0.2, -0.15) is 0 Å². The highest BCUT2D eigenvalue weighted by Crippen LogP contribution is 2.20. The molecule has 0 atom stereocenters. The molecule has 0 fully saturated rings. The minimum atomic E-state index is -0.598. The van der Waals surface area contributed by atoms with E-state index in [0.29, 0.717) is 21.2 Å². The van der Waals surface area contributed by atoms with Crippen LogP contribution < -0.4 is 5.73 Å². The topological polar surface area (TPSA) is 64.7 Å². The molecule has 0 radical (unpaired) electrons. The second-order valence-electron chi connectivity index (χ2n) is 3.85. The Hall–Kier alpha value is -2.04. The molecule has 0 saturated heterocycles. The van der Waals surface area contributed by atoms with Gasteiger partial charge in [-0.1, -0.05) is 46.6 Å². The number of carbonyl (C=O) groups excluding carboxylic acids is 1. The lowest BCUT2D eigenvalue weighted by Gasteiger charge is -2.03. The Labute approximate surface area is 125 Å². The Balaban J connectivity index is 2.13. The van der Waals surface area contributed by atoms with Crippen LogP contribution in [-0.4, -0.2) is 11.8 Å². The van der Waals surface area contributed by atoms with Gasteiger partial charge in [0, 0.05) is 10.6 Å². The van der Waals surface area contributed by atoms with E-state index in [-0.39, 0.29) is 5.84 Å². The molecule has 6 heteroatoms. The third-order valence-electron chi connectivity index (χ3n) is 2.44. The first kappa shape index (κ1) is 14.4. The van der Waals surface area contributed by atoms with Gasteiger partial charge in [-0.3, -0.25) is 0 Å². The van der Waals surface area contributed by atoms with E-state index in [1.807, 2.05) is 0 Å². The smallest absolute Gasteiger partial charge is 0.365 e. The maximum Gasteiger partial charge on any atom is 0.365 e. The summed E-state index contributed by atoms with van der Waals surface area (Å²) in [6.45, 7) is 0. The maximum absolute atomic E-state index is 11.7. The third-order valence-corrected chi connectivity index (χ3v) is 2.99. The SMILES string of the molecule is N/C(=N/OC(=O)c1ccccc1)c1ccc(Cl)cc1Cl. The van der Waals surface area contributed by atoms with Crippen molar-refractivity contribution in [2.45, 2.75) is 0 Å². The fourth-order valence-corrected chi connectivity index (χ4v) is 1.97. The molecule has 2 N–H and O–H groups in total. The van der Waals surface area contributed by atoms with Crippen molar-refractivity contribution >= 4 is 35.0 Å². The minimum absolute atomic E-state index is 0.00375. The van der Waals surface area contributed by atoms with Gasteiger partial charge in [0.25, 0.3) is 0 Å². The Morgan fingerprint density at radius 3 is 2.45 bits per heavy atom. The van der Waals surface area contributed by atoms with Crippen molar-refractivity contribution in [3.63, 3.8) is 0 Å². The van der Waals surface area contributed by atoms with Crippen molar-refractivity contribution in [3.05, 3.63) is 69.7 Å². The molecule has 0 amide bonds. The monoisotopic (exact) mass is 308 g/mol. The first-order valence-corrected chi connectivity index (χ1v) is 6.39. The van der Waals surface area contributed by atoms with Crippen LogP contribution in [0.1, 0.15) is 15.9 Å². The lowest BCUT2D eigenvalue weighted by molar-refractivity contribution is 0.0516. The summed E-state index contributed by atoms with van der Waals surface area (Å²) in [7, 11) is 0. The van der Waals surface area contributed by atoms with Crippen LogP contribution in [0.2, 0.25) is 10.0 Å². The zero-order chi connectivity index (χ0) is 14.5. The van der Waals surface area contributed by atoms with Gasteiger partial charge in [0.1, 0.15) is 0 Å². The molecule has 0 heterocycles. The number of carbonyl (C=O) groups is 1. The lowest BCUT2D eigenvalue weighted by atomic mass is 10.2. The molecule has 0 spiro atoms. The van der Waals surface area contributed by atoms with E-state index >= 15 is 0 Å². The highest BCUT2D eigenvalue weighted by molar-refractivity contribution is 6.36. The molecule has 0 bridgehead atoms. The highest BCUT2D eigenvalue weighted by Gasteiger charge is 2.09. The summed E-state index contributed by atoms with van der Waals surface area (Å²) in [6, 6.07) is 13.2. The van der Waals surface area contributed by atoms with Gasteiger partial charge in [0.05, 0.1) is 10.6 Å². The predicted molar refractivity (Wildman–Crippen MR) is 79.0 cm³/mol. The van der Waals surface area contributed by atoms with Gasteiger partial charge in [-0.05, 0) is 30.3 Å². The zero-order valence-corrected chi connectivity index (χ0v) is 11.7. The van der Waals surface area contributed by atoms with Crippen molar-refractivity contribution in [2.75, 3.05) is 0 Å². The van der Waals surface area contributed by atoms with Crippen LogP contribution in [0.15, 0.2) is 53.7 Å². The van der Waals surface area contributed by atoms with Crippen LogP contribution in [0.4, 0.5) is 0 Å². The van der Waals surface area contributed by atoms with Crippen LogP contribution in [0.3, 0.4) is 0 Å². The second kappa shape index (κ2) is 6.41. The number of amidine groups is 1. The first-order valence-electron chi connectivity index (χ1n) is 5.63. The molecule has 0 aliphatic rings. The van der Waals surface area contributed by atoms with Crippen LogP contribution in [0.5, 0.6) is 0 Å². The predicted octanol–water partition coefficient (Wildman–Crippen LogP) is 3.47. The summed E-state index contributed by atoms with van der Waals surface area (Å²) in [5.74, 6) is -0.602. The van der Waals surface area contributed by atoms with Crippen LogP contribution in [0, 0.1) is 0 Å². The summed E-state index contributed by atoms with van der Waals surface area (Å²) < 4.78 is 0. The minimum Gasteiger partial charge on any atom is -0.380 e. The van der Waals surface area contributed by atoms with E-state index in [4.69, 9.17) is 33.8 Å². The quantitative estimate of drug-likeness (QED) is 0.408. The largest absolute Gasteiger partial charge is 0.380 e. The number of hydrogen-bond donors (Lipinski definition) is 1. The van der Waals surface area contributed by atoms with Crippen molar-refractivity contribution < 1.29 is 9.63 Å². The number of nitrogens with two attached hydrogens (primary N) is 1. The molecule has 4 nitrogen and oxygen atoms in total. The molecule has 0 saturated carbocycles. The summed E-state index contributed by atoms with van der Waals surface area (Å²) in [4.78, 5) is 16.4. The molecule has 20 heavy (non-hydrogen) atoms. The number of rotatable bonds is 3. The van der Waals surface area contributed by atoms with Crippen molar-refractivity contribution in [1.29, 1.82) is 0 Å². The standard InChI is InChI=1S/C14H10Cl2N2O2/c15-10-6-7-11(12(16)8-10)13(17)18-20-14(19)9-4-2-1-3-5-9/h1-8H,(H2,17,18). The lowest BCUT2D eigenvalue weighted by Crippen LogP contribution is -2.15. The average molecular weight is 309 g/mol. The Morgan fingerprint density at radius 2 is 1.80 bits per heavy atom. The Bertz CT molecular complexity index is 657. The number of nitrogens with zero attached hydrogens (tertiary/aromatic N) is 1.